The van der Waals surface area contributed by atoms with Gasteiger partial charge in [-0.2, -0.15) is 0 Å². The SMILES string of the molecule is CC(C)(C)[C@H]1CC[C@@H](NCc2ccccc2)CC1. The Bertz CT molecular complexity index is 342. The lowest BCUT2D eigenvalue weighted by molar-refractivity contribution is 0.160. The molecule has 0 heterocycles. The van der Waals surface area contributed by atoms with Crippen LogP contribution in [-0.4, -0.2) is 6.04 Å². The summed E-state index contributed by atoms with van der Waals surface area (Å²) in [6.45, 7) is 8.17. The Hall–Kier alpha value is -0.820. The molecule has 0 radical (unpaired) electrons. The van der Waals surface area contributed by atoms with Gasteiger partial charge in [0.1, 0.15) is 0 Å². The van der Waals surface area contributed by atoms with Crippen molar-refractivity contribution in [3.63, 3.8) is 0 Å². The standard InChI is InChI=1S/C17H27N/c1-17(2,3)15-9-11-16(12-10-15)18-13-14-7-5-4-6-8-14/h4-8,15-16,18H,9-13H2,1-3H3/t15-,16+. The molecule has 0 unspecified atom stereocenters. The predicted molar refractivity (Wildman–Crippen MR) is 78.5 cm³/mol. The molecule has 1 aromatic rings. The van der Waals surface area contributed by atoms with Crippen LogP contribution in [0.1, 0.15) is 52.0 Å². The van der Waals surface area contributed by atoms with Crippen molar-refractivity contribution in [1.82, 2.24) is 5.32 Å². The molecule has 1 heteroatoms. The van der Waals surface area contributed by atoms with Crippen molar-refractivity contribution in [2.45, 2.75) is 59.0 Å². The molecule has 0 amide bonds. The van der Waals surface area contributed by atoms with E-state index in [9.17, 15) is 0 Å². The molecule has 0 atom stereocenters. The van der Waals surface area contributed by atoms with Crippen LogP contribution in [0.25, 0.3) is 0 Å². The van der Waals surface area contributed by atoms with E-state index in [1.54, 1.807) is 0 Å². The first-order valence-corrected chi connectivity index (χ1v) is 7.33. The van der Waals surface area contributed by atoms with Crippen LogP contribution >= 0.6 is 0 Å². The van der Waals surface area contributed by atoms with Gasteiger partial charge in [0.15, 0.2) is 0 Å². The first-order chi connectivity index (χ1) is 8.55. The zero-order valence-electron chi connectivity index (χ0n) is 12.1. The highest BCUT2D eigenvalue weighted by Crippen LogP contribution is 2.37. The van der Waals surface area contributed by atoms with Crippen LogP contribution in [0, 0.1) is 11.3 Å². The summed E-state index contributed by atoms with van der Waals surface area (Å²) in [6.07, 6.45) is 5.45. The molecule has 2 rings (SSSR count). The molecule has 1 fully saturated rings. The molecule has 100 valence electrons. The summed E-state index contributed by atoms with van der Waals surface area (Å²) in [7, 11) is 0. The minimum atomic E-state index is 0.490. The molecule has 1 nitrogen and oxygen atoms in total. The van der Waals surface area contributed by atoms with Crippen molar-refractivity contribution < 1.29 is 0 Å². The summed E-state index contributed by atoms with van der Waals surface area (Å²) in [4.78, 5) is 0. The third kappa shape index (κ3) is 3.84. The van der Waals surface area contributed by atoms with E-state index in [4.69, 9.17) is 0 Å². The molecule has 0 aliphatic heterocycles. The van der Waals surface area contributed by atoms with Crippen molar-refractivity contribution in [1.29, 1.82) is 0 Å². The average Bonchev–Trinajstić information content (AvgIpc) is 2.37. The second-order valence-electron chi connectivity index (χ2n) is 6.78. The first-order valence-electron chi connectivity index (χ1n) is 7.33. The highest BCUT2D eigenvalue weighted by Gasteiger charge is 2.29. The molecule has 1 N–H and O–H groups in total. The normalized spacial score (nSPS) is 25.1. The third-order valence-electron chi connectivity index (χ3n) is 4.39. The van der Waals surface area contributed by atoms with Crippen LogP contribution < -0.4 is 5.32 Å². The van der Waals surface area contributed by atoms with Gasteiger partial charge in [0.2, 0.25) is 0 Å². The van der Waals surface area contributed by atoms with Crippen LogP contribution in [-0.2, 0) is 6.54 Å². The van der Waals surface area contributed by atoms with Gasteiger partial charge in [-0.15, -0.1) is 0 Å². The van der Waals surface area contributed by atoms with E-state index in [2.05, 4.69) is 56.4 Å². The molecule has 0 saturated heterocycles. The maximum Gasteiger partial charge on any atom is 0.0208 e. The number of hydrogen-bond acceptors (Lipinski definition) is 1. The molecule has 0 aromatic heterocycles. The van der Waals surface area contributed by atoms with Crippen LogP contribution in [0.4, 0.5) is 0 Å². The number of hydrogen-bond donors (Lipinski definition) is 1. The van der Waals surface area contributed by atoms with Crippen LogP contribution in [0.2, 0.25) is 0 Å². The lowest BCUT2D eigenvalue weighted by atomic mass is 9.71. The van der Waals surface area contributed by atoms with Gasteiger partial charge in [-0.3, -0.25) is 0 Å². The van der Waals surface area contributed by atoms with E-state index < -0.39 is 0 Å². The fraction of sp³-hybridized carbons (Fsp3) is 0.647. The Kier molecular flexibility index (Phi) is 4.45. The molecular formula is C17H27N. The Morgan fingerprint density at radius 2 is 1.61 bits per heavy atom. The Morgan fingerprint density at radius 1 is 1.00 bits per heavy atom. The Morgan fingerprint density at radius 3 is 2.17 bits per heavy atom. The number of benzene rings is 1. The van der Waals surface area contributed by atoms with Crippen molar-refractivity contribution in [2.75, 3.05) is 0 Å². The molecule has 0 bridgehead atoms. The van der Waals surface area contributed by atoms with Crippen molar-refractivity contribution in [3.8, 4) is 0 Å². The third-order valence-corrected chi connectivity index (χ3v) is 4.39. The number of nitrogens with one attached hydrogen (secondary N) is 1. The Balaban J connectivity index is 1.74. The molecule has 1 aliphatic carbocycles. The minimum absolute atomic E-state index is 0.490. The first kappa shape index (κ1) is 13.6. The smallest absolute Gasteiger partial charge is 0.0208 e. The summed E-state index contributed by atoms with van der Waals surface area (Å²) in [5.74, 6) is 0.910. The van der Waals surface area contributed by atoms with E-state index in [0.717, 1.165) is 18.5 Å². The van der Waals surface area contributed by atoms with Crippen molar-refractivity contribution in [3.05, 3.63) is 35.9 Å². The maximum absolute atomic E-state index is 3.71. The minimum Gasteiger partial charge on any atom is -0.310 e. The van der Waals surface area contributed by atoms with Gasteiger partial charge in [0.05, 0.1) is 0 Å². The molecule has 0 spiro atoms. The molecular weight excluding hydrogens is 218 g/mol. The summed E-state index contributed by atoms with van der Waals surface area (Å²) in [5.41, 5.74) is 1.89. The second kappa shape index (κ2) is 5.88. The zero-order chi connectivity index (χ0) is 13.0. The van der Waals surface area contributed by atoms with E-state index in [-0.39, 0.29) is 0 Å². The monoisotopic (exact) mass is 245 g/mol. The van der Waals surface area contributed by atoms with E-state index >= 15 is 0 Å². The molecule has 1 aliphatic rings. The molecule has 18 heavy (non-hydrogen) atoms. The summed E-state index contributed by atoms with van der Waals surface area (Å²) in [6, 6.07) is 11.4. The van der Waals surface area contributed by atoms with Gasteiger partial charge in [0.25, 0.3) is 0 Å². The fourth-order valence-electron chi connectivity index (χ4n) is 3.02. The lowest BCUT2D eigenvalue weighted by Gasteiger charge is -2.37. The second-order valence-corrected chi connectivity index (χ2v) is 6.78. The highest BCUT2D eigenvalue weighted by molar-refractivity contribution is 5.14. The Labute approximate surface area is 112 Å². The molecule has 1 aromatic carbocycles. The lowest BCUT2D eigenvalue weighted by Crippen LogP contribution is -2.35. The average molecular weight is 245 g/mol. The number of rotatable bonds is 3. The summed E-state index contributed by atoms with van der Waals surface area (Å²) in [5, 5.41) is 3.71. The van der Waals surface area contributed by atoms with Crippen LogP contribution in [0.5, 0.6) is 0 Å². The van der Waals surface area contributed by atoms with Gasteiger partial charge < -0.3 is 5.32 Å². The highest BCUT2D eigenvalue weighted by atomic mass is 14.9. The summed E-state index contributed by atoms with van der Waals surface area (Å²) < 4.78 is 0. The van der Waals surface area contributed by atoms with Crippen molar-refractivity contribution >= 4 is 0 Å². The predicted octanol–water partition coefficient (Wildman–Crippen LogP) is 4.38. The summed E-state index contributed by atoms with van der Waals surface area (Å²) >= 11 is 0. The van der Waals surface area contributed by atoms with Gasteiger partial charge in [0, 0.05) is 12.6 Å². The van der Waals surface area contributed by atoms with E-state index in [0.29, 0.717) is 5.41 Å². The van der Waals surface area contributed by atoms with Gasteiger partial charge in [-0.25, -0.2) is 0 Å². The maximum atomic E-state index is 3.71. The quantitative estimate of drug-likeness (QED) is 0.833. The van der Waals surface area contributed by atoms with Gasteiger partial charge >= 0.3 is 0 Å². The molecule has 1 saturated carbocycles. The van der Waals surface area contributed by atoms with E-state index in [1.807, 2.05) is 0 Å². The van der Waals surface area contributed by atoms with E-state index in [1.165, 1.54) is 31.2 Å². The van der Waals surface area contributed by atoms with Crippen molar-refractivity contribution in [2.24, 2.45) is 11.3 Å². The largest absolute Gasteiger partial charge is 0.310 e. The van der Waals surface area contributed by atoms with Crippen LogP contribution in [0.3, 0.4) is 0 Å². The van der Waals surface area contributed by atoms with Crippen LogP contribution in [0.15, 0.2) is 30.3 Å². The topological polar surface area (TPSA) is 12.0 Å². The fourth-order valence-corrected chi connectivity index (χ4v) is 3.02. The van der Waals surface area contributed by atoms with Gasteiger partial charge in [-0.05, 0) is 42.6 Å². The van der Waals surface area contributed by atoms with Gasteiger partial charge in [-0.1, -0.05) is 51.1 Å². The zero-order valence-corrected chi connectivity index (χ0v) is 12.1.